The summed E-state index contributed by atoms with van der Waals surface area (Å²) < 4.78 is 5.30. The Hall–Kier alpha value is -3.48. The van der Waals surface area contributed by atoms with E-state index in [9.17, 15) is 19.2 Å². The zero-order chi connectivity index (χ0) is 21.8. The second kappa shape index (κ2) is 8.90. The van der Waals surface area contributed by atoms with Gasteiger partial charge in [-0.1, -0.05) is 17.7 Å². The summed E-state index contributed by atoms with van der Waals surface area (Å²) in [5.41, 5.74) is 2.85. The molecular weight excluding hydrogens is 384 g/mol. The van der Waals surface area contributed by atoms with Crippen LogP contribution < -0.4 is 10.2 Å². The molecule has 30 heavy (non-hydrogen) atoms. The number of benzene rings is 2. The standard InChI is InChI=1S/C23H24N2O5/c1-14-4-10-20(11-5-14)25-13-18(12-21(25)27)23(29)30-16(3)22(28)24-19-8-6-17(7-9-19)15(2)26/h4-11,16,18H,12-13H2,1-3H3,(H,24,28)/t16-,18-/m1/s1. The highest BCUT2D eigenvalue weighted by Gasteiger charge is 2.37. The van der Waals surface area contributed by atoms with Crippen LogP contribution in [0.3, 0.4) is 0 Å². The van der Waals surface area contributed by atoms with Crippen molar-refractivity contribution in [2.75, 3.05) is 16.8 Å². The highest BCUT2D eigenvalue weighted by atomic mass is 16.5. The minimum absolute atomic E-state index is 0.0492. The van der Waals surface area contributed by atoms with Gasteiger partial charge < -0.3 is 15.0 Å². The Kier molecular flexibility index (Phi) is 6.30. The Labute approximate surface area is 175 Å². The Bertz CT molecular complexity index is 966. The quantitative estimate of drug-likeness (QED) is 0.586. The summed E-state index contributed by atoms with van der Waals surface area (Å²) in [6, 6.07) is 13.9. The van der Waals surface area contributed by atoms with Crippen molar-refractivity contribution in [1.82, 2.24) is 0 Å². The van der Waals surface area contributed by atoms with Crippen LogP contribution in [0.4, 0.5) is 11.4 Å². The lowest BCUT2D eigenvalue weighted by molar-refractivity contribution is -0.157. The third kappa shape index (κ3) is 4.92. The molecule has 156 valence electrons. The number of hydrogen-bond donors (Lipinski definition) is 1. The van der Waals surface area contributed by atoms with Gasteiger partial charge in [-0.05, 0) is 57.2 Å². The Morgan fingerprint density at radius 3 is 2.30 bits per heavy atom. The van der Waals surface area contributed by atoms with Crippen LogP contribution in [0.25, 0.3) is 0 Å². The monoisotopic (exact) mass is 408 g/mol. The molecule has 2 aromatic rings. The molecule has 1 heterocycles. The molecule has 0 aromatic heterocycles. The molecule has 2 atom stereocenters. The van der Waals surface area contributed by atoms with Gasteiger partial charge in [0, 0.05) is 29.9 Å². The van der Waals surface area contributed by atoms with Gasteiger partial charge in [-0.2, -0.15) is 0 Å². The molecule has 1 aliphatic heterocycles. The fourth-order valence-corrected chi connectivity index (χ4v) is 3.20. The highest BCUT2D eigenvalue weighted by molar-refractivity contribution is 6.00. The summed E-state index contributed by atoms with van der Waals surface area (Å²) in [6.45, 7) is 5.12. The lowest BCUT2D eigenvalue weighted by Crippen LogP contribution is -2.33. The number of carbonyl (C=O) groups is 4. The molecule has 1 N–H and O–H groups in total. The summed E-state index contributed by atoms with van der Waals surface area (Å²) in [5, 5.41) is 2.65. The number of nitrogens with zero attached hydrogens (tertiary/aromatic N) is 1. The molecule has 0 radical (unpaired) electrons. The first-order valence-electron chi connectivity index (χ1n) is 9.74. The largest absolute Gasteiger partial charge is 0.452 e. The first-order chi connectivity index (χ1) is 14.2. The van der Waals surface area contributed by atoms with Crippen molar-refractivity contribution in [2.45, 2.75) is 33.3 Å². The number of carbonyl (C=O) groups excluding carboxylic acids is 4. The van der Waals surface area contributed by atoms with E-state index in [1.807, 2.05) is 31.2 Å². The summed E-state index contributed by atoms with van der Waals surface area (Å²) in [4.78, 5) is 50.0. The number of esters is 1. The van der Waals surface area contributed by atoms with Crippen molar-refractivity contribution in [3.05, 3.63) is 59.7 Å². The summed E-state index contributed by atoms with van der Waals surface area (Å²) in [7, 11) is 0. The van der Waals surface area contributed by atoms with Crippen molar-refractivity contribution in [1.29, 1.82) is 0 Å². The predicted octanol–water partition coefficient (Wildman–Crippen LogP) is 3.12. The van der Waals surface area contributed by atoms with Crippen LogP contribution >= 0.6 is 0 Å². The van der Waals surface area contributed by atoms with Gasteiger partial charge in [-0.3, -0.25) is 19.2 Å². The van der Waals surface area contributed by atoms with Gasteiger partial charge in [-0.25, -0.2) is 0 Å². The molecule has 0 saturated carbocycles. The molecule has 0 bridgehead atoms. The minimum atomic E-state index is -1.02. The van der Waals surface area contributed by atoms with Crippen molar-refractivity contribution in [2.24, 2.45) is 5.92 Å². The maximum absolute atomic E-state index is 12.5. The van der Waals surface area contributed by atoms with Gasteiger partial charge in [0.1, 0.15) is 0 Å². The van der Waals surface area contributed by atoms with Crippen LogP contribution in [0.15, 0.2) is 48.5 Å². The second-order valence-electron chi connectivity index (χ2n) is 7.44. The van der Waals surface area contributed by atoms with Crippen LogP contribution in [0.1, 0.15) is 36.2 Å². The van der Waals surface area contributed by atoms with E-state index in [2.05, 4.69) is 5.32 Å². The molecule has 1 fully saturated rings. The zero-order valence-corrected chi connectivity index (χ0v) is 17.2. The van der Waals surface area contributed by atoms with Gasteiger partial charge >= 0.3 is 5.97 Å². The fraction of sp³-hybridized carbons (Fsp3) is 0.304. The maximum Gasteiger partial charge on any atom is 0.312 e. The lowest BCUT2D eigenvalue weighted by atomic mass is 10.1. The van der Waals surface area contributed by atoms with Gasteiger partial charge in [-0.15, -0.1) is 0 Å². The zero-order valence-electron chi connectivity index (χ0n) is 17.2. The maximum atomic E-state index is 12.5. The first-order valence-corrected chi connectivity index (χ1v) is 9.74. The van der Waals surface area contributed by atoms with E-state index in [-0.39, 0.29) is 24.7 Å². The van der Waals surface area contributed by atoms with E-state index >= 15 is 0 Å². The number of rotatable bonds is 6. The molecule has 1 saturated heterocycles. The average molecular weight is 408 g/mol. The molecule has 0 spiro atoms. The number of amides is 2. The summed E-state index contributed by atoms with van der Waals surface area (Å²) in [6.07, 6.45) is -0.971. The smallest absolute Gasteiger partial charge is 0.312 e. The number of Topliss-reactive ketones (excluding diaryl/α,β-unsaturated/α-hetero) is 1. The lowest BCUT2D eigenvalue weighted by Gasteiger charge is -2.18. The number of ketones is 1. The van der Waals surface area contributed by atoms with Gasteiger partial charge in [0.25, 0.3) is 5.91 Å². The van der Waals surface area contributed by atoms with Crippen LogP contribution in [0.5, 0.6) is 0 Å². The van der Waals surface area contributed by atoms with Crippen molar-refractivity contribution >= 4 is 34.9 Å². The number of anilines is 2. The second-order valence-corrected chi connectivity index (χ2v) is 7.44. The topological polar surface area (TPSA) is 92.8 Å². The SMILES string of the molecule is CC(=O)c1ccc(NC(=O)[C@@H](C)OC(=O)[C@@H]2CC(=O)N(c3ccc(C)cc3)C2)cc1. The van der Waals surface area contributed by atoms with Gasteiger partial charge in [0.2, 0.25) is 5.91 Å². The molecule has 2 aromatic carbocycles. The molecule has 0 unspecified atom stereocenters. The van der Waals surface area contributed by atoms with Crippen LogP contribution in [0.2, 0.25) is 0 Å². The van der Waals surface area contributed by atoms with Crippen LogP contribution in [-0.4, -0.2) is 36.2 Å². The Morgan fingerprint density at radius 1 is 1.07 bits per heavy atom. The van der Waals surface area contributed by atoms with Crippen LogP contribution in [0, 0.1) is 12.8 Å². The van der Waals surface area contributed by atoms with Crippen molar-refractivity contribution < 1.29 is 23.9 Å². The number of ether oxygens (including phenoxy) is 1. The number of nitrogens with one attached hydrogen (secondary N) is 1. The Balaban J connectivity index is 1.55. The van der Waals surface area contributed by atoms with E-state index in [1.54, 1.807) is 29.2 Å². The third-order valence-electron chi connectivity index (χ3n) is 5.03. The molecule has 3 rings (SSSR count). The molecule has 2 amide bonds. The number of aryl methyl sites for hydroxylation is 1. The molecule has 7 heteroatoms. The van der Waals surface area contributed by atoms with E-state index in [4.69, 9.17) is 4.74 Å². The van der Waals surface area contributed by atoms with E-state index in [0.29, 0.717) is 11.3 Å². The fourth-order valence-electron chi connectivity index (χ4n) is 3.20. The summed E-state index contributed by atoms with van der Waals surface area (Å²) in [5.74, 6) is -1.90. The normalized spacial score (nSPS) is 16.8. The first kappa shape index (κ1) is 21.2. The predicted molar refractivity (Wildman–Crippen MR) is 112 cm³/mol. The average Bonchev–Trinajstić information content (AvgIpc) is 3.10. The van der Waals surface area contributed by atoms with E-state index in [1.165, 1.54) is 13.8 Å². The van der Waals surface area contributed by atoms with E-state index < -0.39 is 23.9 Å². The number of hydrogen-bond acceptors (Lipinski definition) is 5. The Morgan fingerprint density at radius 2 is 1.70 bits per heavy atom. The highest BCUT2D eigenvalue weighted by Crippen LogP contribution is 2.26. The van der Waals surface area contributed by atoms with Crippen LogP contribution in [-0.2, 0) is 19.1 Å². The minimum Gasteiger partial charge on any atom is -0.452 e. The molecule has 1 aliphatic rings. The summed E-state index contributed by atoms with van der Waals surface area (Å²) >= 11 is 0. The van der Waals surface area contributed by atoms with Gasteiger partial charge in [0.05, 0.1) is 5.92 Å². The third-order valence-corrected chi connectivity index (χ3v) is 5.03. The molecule has 0 aliphatic carbocycles. The van der Waals surface area contributed by atoms with Gasteiger partial charge in [0.15, 0.2) is 11.9 Å². The molecule has 7 nitrogen and oxygen atoms in total. The van der Waals surface area contributed by atoms with Crippen molar-refractivity contribution in [3.63, 3.8) is 0 Å². The molecular formula is C23H24N2O5. The van der Waals surface area contributed by atoms with E-state index in [0.717, 1.165) is 11.3 Å². The van der Waals surface area contributed by atoms with Crippen molar-refractivity contribution in [3.8, 4) is 0 Å².